The van der Waals surface area contributed by atoms with Crippen LogP contribution in [0, 0.1) is 6.61 Å². The molecule has 39 heavy (non-hydrogen) atoms. The Hall–Kier alpha value is -3.30. The predicted molar refractivity (Wildman–Crippen MR) is 123 cm³/mol. The second-order valence-electron chi connectivity index (χ2n) is 8.79. The van der Waals surface area contributed by atoms with Crippen molar-refractivity contribution in [2.24, 2.45) is 0 Å². The number of esters is 6. The van der Waals surface area contributed by atoms with Crippen LogP contribution in [0.3, 0.4) is 0 Å². The fraction of sp³-hybridized carbons (Fsp3) is 0.708. The van der Waals surface area contributed by atoms with Crippen molar-refractivity contribution in [1.29, 1.82) is 0 Å². The number of carbonyl (C=O) groups excluding carboxylic acids is 6. The van der Waals surface area contributed by atoms with Crippen molar-refractivity contribution in [3.05, 3.63) is 6.61 Å². The quantitative estimate of drug-likeness (QED) is 0.268. The lowest BCUT2D eigenvalue weighted by Gasteiger charge is -2.46. The van der Waals surface area contributed by atoms with Gasteiger partial charge in [0.2, 0.25) is 0 Å². The monoisotopic (exact) mass is 561 g/mol. The van der Waals surface area contributed by atoms with E-state index in [1.165, 1.54) is 13.8 Å². The van der Waals surface area contributed by atoms with E-state index in [2.05, 4.69) is 0 Å². The maximum atomic E-state index is 12.0. The van der Waals surface area contributed by atoms with Crippen molar-refractivity contribution in [3.8, 4) is 0 Å². The topological polar surface area (TPSA) is 185 Å². The van der Waals surface area contributed by atoms with E-state index in [4.69, 9.17) is 42.6 Å². The number of ether oxygens (including phenoxy) is 9. The molecule has 0 unspecified atom stereocenters. The molecular formula is C24H33O15. The van der Waals surface area contributed by atoms with Gasteiger partial charge in [0, 0.05) is 41.5 Å². The molecule has 219 valence electrons. The first kappa shape index (κ1) is 31.9. The van der Waals surface area contributed by atoms with Gasteiger partial charge in [0.05, 0.1) is 6.10 Å². The zero-order chi connectivity index (χ0) is 29.4. The predicted octanol–water partition coefficient (Wildman–Crippen LogP) is -0.101. The Labute approximate surface area is 224 Å². The summed E-state index contributed by atoms with van der Waals surface area (Å²) in [5, 5.41) is 0. The summed E-state index contributed by atoms with van der Waals surface area (Å²) in [6, 6.07) is 0. The Morgan fingerprint density at radius 2 is 1.08 bits per heavy atom. The Morgan fingerprint density at radius 3 is 1.59 bits per heavy atom. The summed E-state index contributed by atoms with van der Waals surface area (Å²) in [6.07, 6.45) is -11.4. The summed E-state index contributed by atoms with van der Waals surface area (Å²) < 4.78 is 49.1. The van der Waals surface area contributed by atoms with E-state index in [-0.39, 0.29) is 6.61 Å². The first-order chi connectivity index (χ1) is 18.2. The highest BCUT2D eigenvalue weighted by Gasteiger charge is 2.54. The minimum atomic E-state index is -1.48. The van der Waals surface area contributed by atoms with Crippen molar-refractivity contribution < 1.29 is 71.4 Å². The van der Waals surface area contributed by atoms with Gasteiger partial charge in [-0.2, -0.15) is 0 Å². The summed E-state index contributed by atoms with van der Waals surface area (Å²) in [5.74, 6) is -4.43. The molecule has 0 amide bonds. The van der Waals surface area contributed by atoms with Gasteiger partial charge in [0.15, 0.2) is 36.8 Å². The Bertz CT molecular complexity index is 932. The van der Waals surface area contributed by atoms with Gasteiger partial charge in [-0.15, -0.1) is 0 Å². The van der Waals surface area contributed by atoms with Gasteiger partial charge in [-0.05, 0) is 6.92 Å². The Balaban J connectivity index is 2.42. The highest BCUT2D eigenvalue weighted by molar-refractivity contribution is 5.69. The second-order valence-corrected chi connectivity index (χ2v) is 8.79. The smallest absolute Gasteiger partial charge is 0.303 e. The van der Waals surface area contributed by atoms with Gasteiger partial charge in [0.25, 0.3) is 0 Å². The third kappa shape index (κ3) is 9.44. The number of carbonyl (C=O) groups is 6. The lowest BCUT2D eigenvalue weighted by Crippen LogP contribution is -2.63. The van der Waals surface area contributed by atoms with Crippen molar-refractivity contribution >= 4 is 35.8 Å². The number of rotatable bonds is 9. The highest BCUT2D eigenvalue weighted by atomic mass is 16.7. The van der Waals surface area contributed by atoms with Gasteiger partial charge >= 0.3 is 35.8 Å². The molecule has 0 aromatic rings. The highest BCUT2D eigenvalue weighted by Crippen LogP contribution is 2.33. The molecule has 2 rings (SSSR count). The largest absolute Gasteiger partial charge is 0.463 e. The summed E-state index contributed by atoms with van der Waals surface area (Å²) >= 11 is 0. The molecule has 0 bridgehead atoms. The maximum absolute atomic E-state index is 12.0. The molecule has 2 heterocycles. The van der Waals surface area contributed by atoms with E-state index in [0.29, 0.717) is 0 Å². The molecule has 0 spiro atoms. The van der Waals surface area contributed by atoms with Crippen molar-refractivity contribution in [3.63, 3.8) is 0 Å². The molecule has 0 N–H and O–H groups in total. The van der Waals surface area contributed by atoms with E-state index >= 15 is 0 Å². The number of hydrogen-bond acceptors (Lipinski definition) is 15. The molecule has 0 saturated carbocycles. The van der Waals surface area contributed by atoms with Crippen LogP contribution in [-0.2, 0) is 71.4 Å². The van der Waals surface area contributed by atoms with Crippen molar-refractivity contribution in [2.75, 3.05) is 6.61 Å². The van der Waals surface area contributed by atoms with Gasteiger partial charge in [-0.1, -0.05) is 0 Å². The standard InChI is InChI=1S/C24H33O15/c1-10-19(34-12(3)26)22(37-15(6)29)23(38-16(7)30)24(33-10)39-18-9-32-17(8-31-11(2)25)20(35-13(4)27)21(18)36-14(5)28/h9-10,17-24H,8H2,1-7H3/t10-,17+,18-,19-,20+,21+,22+,23+,24-/m0/s1. The van der Waals surface area contributed by atoms with Crippen LogP contribution in [0.1, 0.15) is 48.5 Å². The zero-order valence-electron chi connectivity index (χ0n) is 22.6. The van der Waals surface area contributed by atoms with Crippen LogP contribution < -0.4 is 0 Å². The minimum Gasteiger partial charge on any atom is -0.463 e. The van der Waals surface area contributed by atoms with Gasteiger partial charge in [-0.3, -0.25) is 28.8 Å². The lowest BCUT2D eigenvalue weighted by molar-refractivity contribution is -0.324. The first-order valence-corrected chi connectivity index (χ1v) is 12.0. The lowest BCUT2D eigenvalue weighted by atomic mass is 9.97. The molecule has 0 aliphatic carbocycles. The van der Waals surface area contributed by atoms with Crippen LogP contribution in [0.15, 0.2) is 0 Å². The number of hydrogen-bond donors (Lipinski definition) is 0. The summed E-state index contributed by atoms with van der Waals surface area (Å²) in [4.78, 5) is 70.7. The zero-order valence-corrected chi connectivity index (χ0v) is 22.6. The molecular weight excluding hydrogens is 528 g/mol. The summed E-state index contributed by atoms with van der Waals surface area (Å²) in [5.41, 5.74) is 0. The van der Waals surface area contributed by atoms with E-state index < -0.39 is 90.9 Å². The molecule has 9 atom stereocenters. The second kappa shape index (κ2) is 14.2. The van der Waals surface area contributed by atoms with Crippen molar-refractivity contribution in [2.45, 2.75) is 104 Å². The average molecular weight is 562 g/mol. The Kier molecular flexibility index (Phi) is 11.6. The molecule has 2 saturated heterocycles. The van der Waals surface area contributed by atoms with E-state index in [9.17, 15) is 28.8 Å². The molecule has 15 heteroatoms. The molecule has 15 nitrogen and oxygen atoms in total. The van der Waals surface area contributed by atoms with Crippen LogP contribution in [0.5, 0.6) is 0 Å². The van der Waals surface area contributed by atoms with Gasteiger partial charge < -0.3 is 42.6 Å². The van der Waals surface area contributed by atoms with Crippen LogP contribution in [0.2, 0.25) is 0 Å². The summed E-state index contributed by atoms with van der Waals surface area (Å²) in [7, 11) is 0. The maximum Gasteiger partial charge on any atom is 0.303 e. The third-order valence-electron chi connectivity index (χ3n) is 5.38. The first-order valence-electron chi connectivity index (χ1n) is 12.0. The van der Waals surface area contributed by atoms with Gasteiger partial charge in [-0.25, -0.2) is 0 Å². The average Bonchev–Trinajstić information content (AvgIpc) is 2.78. The summed E-state index contributed by atoms with van der Waals surface area (Å²) in [6.45, 7) is 9.00. The van der Waals surface area contributed by atoms with Crippen LogP contribution in [-0.4, -0.2) is 97.5 Å². The SMILES string of the molecule is CC(=O)OC[C@H]1O[CH][C@H](O[C@@H]2O[C@@H](C)[C@H](OC(C)=O)[C@@H](OC(C)=O)[C@H]2OC(C)=O)[C@@H](OC(C)=O)[C@@H]1OC(C)=O. The van der Waals surface area contributed by atoms with Crippen LogP contribution in [0.4, 0.5) is 0 Å². The van der Waals surface area contributed by atoms with E-state index in [1.807, 2.05) is 0 Å². The van der Waals surface area contributed by atoms with E-state index in [0.717, 1.165) is 41.2 Å². The van der Waals surface area contributed by atoms with E-state index in [1.54, 1.807) is 0 Å². The molecule has 0 aromatic carbocycles. The molecule has 0 aromatic heterocycles. The van der Waals surface area contributed by atoms with Gasteiger partial charge in [0.1, 0.15) is 25.4 Å². The minimum absolute atomic E-state index is 0.347. The van der Waals surface area contributed by atoms with Crippen LogP contribution in [0.25, 0.3) is 0 Å². The molecule has 2 fully saturated rings. The molecule has 2 aliphatic heterocycles. The fourth-order valence-electron chi connectivity index (χ4n) is 4.07. The van der Waals surface area contributed by atoms with Crippen LogP contribution >= 0.6 is 0 Å². The molecule has 2 aliphatic rings. The normalized spacial score (nSPS) is 32.2. The fourth-order valence-corrected chi connectivity index (χ4v) is 4.07. The van der Waals surface area contributed by atoms with Crippen molar-refractivity contribution in [1.82, 2.24) is 0 Å². The molecule has 1 radical (unpaired) electrons. The Morgan fingerprint density at radius 1 is 0.615 bits per heavy atom. The third-order valence-corrected chi connectivity index (χ3v) is 5.38.